The lowest BCUT2D eigenvalue weighted by Gasteiger charge is -2.34. The van der Waals surface area contributed by atoms with Crippen LogP contribution in [0.5, 0.6) is 0 Å². The molecule has 0 spiro atoms. The maximum absolute atomic E-state index is 11.6. The molecule has 0 bridgehead atoms. The zero-order valence-electron chi connectivity index (χ0n) is 13.2. The van der Waals surface area contributed by atoms with Crippen molar-refractivity contribution < 1.29 is 9.90 Å². The lowest BCUT2D eigenvalue weighted by atomic mass is 9.99. The number of hydrogen-bond donors (Lipinski definition) is 1. The van der Waals surface area contributed by atoms with Crippen molar-refractivity contribution in [3.63, 3.8) is 0 Å². The molecule has 1 N–H and O–H groups in total. The average molecular weight is 289 g/mol. The Hall–Kier alpha value is -1.45. The number of aldehydes is 1. The van der Waals surface area contributed by atoms with Crippen LogP contribution in [0, 0.1) is 0 Å². The molecule has 0 radical (unpaired) electrons. The Morgan fingerprint density at radius 1 is 1.29 bits per heavy atom. The number of hydrogen-bond acceptors (Lipinski definition) is 3. The quantitative estimate of drug-likeness (QED) is 0.408. The standard InChI is InChI=1S/C18H27NO2/c1-3-4-5-9-12-18(2,16-21)19(13-14-20)15-17-10-7-6-8-11-17/h6-12,16,20H,3-5,13-15H2,1-2H3/b12-9+. The van der Waals surface area contributed by atoms with Crippen LogP contribution in [0.15, 0.2) is 42.5 Å². The van der Waals surface area contributed by atoms with Crippen LogP contribution in [0.25, 0.3) is 0 Å². The van der Waals surface area contributed by atoms with E-state index in [1.807, 2.05) is 48.2 Å². The number of benzene rings is 1. The second-order valence-corrected chi connectivity index (χ2v) is 5.52. The van der Waals surface area contributed by atoms with E-state index in [0.717, 1.165) is 31.1 Å². The Morgan fingerprint density at radius 3 is 2.57 bits per heavy atom. The first kappa shape index (κ1) is 17.6. The summed E-state index contributed by atoms with van der Waals surface area (Å²) in [7, 11) is 0. The van der Waals surface area contributed by atoms with E-state index in [1.54, 1.807) is 0 Å². The molecule has 0 aliphatic carbocycles. The van der Waals surface area contributed by atoms with Gasteiger partial charge in [-0.25, -0.2) is 0 Å². The van der Waals surface area contributed by atoms with Crippen LogP contribution in [0.4, 0.5) is 0 Å². The van der Waals surface area contributed by atoms with E-state index >= 15 is 0 Å². The van der Waals surface area contributed by atoms with E-state index in [-0.39, 0.29) is 6.61 Å². The highest BCUT2D eigenvalue weighted by Gasteiger charge is 2.28. The fourth-order valence-electron chi connectivity index (χ4n) is 2.28. The molecule has 1 rings (SSSR count). The van der Waals surface area contributed by atoms with Gasteiger partial charge in [0.25, 0.3) is 0 Å². The molecule has 0 aromatic heterocycles. The highest BCUT2D eigenvalue weighted by Crippen LogP contribution is 2.18. The van der Waals surface area contributed by atoms with Crippen molar-refractivity contribution in [1.82, 2.24) is 4.90 Å². The molecule has 0 saturated heterocycles. The number of rotatable bonds is 10. The van der Waals surface area contributed by atoms with Gasteiger partial charge in [-0.15, -0.1) is 0 Å². The Morgan fingerprint density at radius 2 is 2.00 bits per heavy atom. The minimum Gasteiger partial charge on any atom is -0.395 e. The van der Waals surface area contributed by atoms with Crippen molar-refractivity contribution in [2.75, 3.05) is 13.2 Å². The topological polar surface area (TPSA) is 40.5 Å². The molecule has 1 unspecified atom stereocenters. The zero-order valence-corrected chi connectivity index (χ0v) is 13.2. The molecule has 0 heterocycles. The molecule has 0 fully saturated rings. The minimum absolute atomic E-state index is 0.0407. The third-order valence-electron chi connectivity index (χ3n) is 3.69. The van der Waals surface area contributed by atoms with Crippen LogP contribution in [0.1, 0.15) is 38.7 Å². The molecule has 0 aliphatic heterocycles. The van der Waals surface area contributed by atoms with Gasteiger partial charge in [-0.05, 0) is 18.9 Å². The lowest BCUT2D eigenvalue weighted by molar-refractivity contribution is -0.115. The third kappa shape index (κ3) is 5.82. The number of carbonyl (C=O) groups excluding carboxylic acids is 1. The van der Waals surface area contributed by atoms with Gasteiger partial charge < -0.3 is 9.90 Å². The summed E-state index contributed by atoms with van der Waals surface area (Å²) in [6, 6.07) is 10.0. The Balaban J connectivity index is 2.83. The highest BCUT2D eigenvalue weighted by atomic mass is 16.3. The zero-order chi connectivity index (χ0) is 15.6. The third-order valence-corrected chi connectivity index (χ3v) is 3.69. The van der Waals surface area contributed by atoms with Crippen molar-refractivity contribution >= 4 is 6.29 Å². The van der Waals surface area contributed by atoms with E-state index in [1.165, 1.54) is 0 Å². The maximum Gasteiger partial charge on any atom is 0.143 e. The first-order valence-corrected chi connectivity index (χ1v) is 7.70. The van der Waals surface area contributed by atoms with Crippen molar-refractivity contribution in [3.05, 3.63) is 48.0 Å². The molecule has 1 aromatic rings. The number of aliphatic hydroxyl groups excluding tert-OH is 1. The predicted molar refractivity (Wildman–Crippen MR) is 87.1 cm³/mol. The van der Waals surface area contributed by atoms with Gasteiger partial charge in [-0.1, -0.05) is 62.2 Å². The van der Waals surface area contributed by atoms with E-state index in [2.05, 4.69) is 13.0 Å². The molecule has 0 saturated carbocycles. The molecule has 116 valence electrons. The van der Waals surface area contributed by atoms with E-state index in [9.17, 15) is 9.90 Å². The maximum atomic E-state index is 11.6. The molecule has 1 aromatic carbocycles. The normalized spacial score (nSPS) is 14.5. The smallest absolute Gasteiger partial charge is 0.143 e. The van der Waals surface area contributed by atoms with Crippen LogP contribution < -0.4 is 0 Å². The predicted octanol–water partition coefficient (Wildman–Crippen LogP) is 3.18. The summed E-state index contributed by atoms with van der Waals surface area (Å²) in [5.41, 5.74) is 0.466. The number of unbranched alkanes of at least 4 members (excludes halogenated alkanes) is 2. The fourth-order valence-corrected chi connectivity index (χ4v) is 2.28. The van der Waals surface area contributed by atoms with Crippen LogP contribution in [-0.4, -0.2) is 35.0 Å². The van der Waals surface area contributed by atoms with Crippen molar-refractivity contribution in [2.45, 2.75) is 45.2 Å². The summed E-state index contributed by atoms with van der Waals surface area (Å²) < 4.78 is 0. The number of allylic oxidation sites excluding steroid dienone is 1. The molecule has 0 amide bonds. The van der Waals surface area contributed by atoms with Gasteiger partial charge in [0.1, 0.15) is 6.29 Å². The van der Waals surface area contributed by atoms with Gasteiger partial charge in [0.2, 0.25) is 0 Å². The molecule has 1 atom stereocenters. The lowest BCUT2D eigenvalue weighted by Crippen LogP contribution is -2.47. The van der Waals surface area contributed by atoms with Gasteiger partial charge >= 0.3 is 0 Å². The largest absolute Gasteiger partial charge is 0.395 e. The van der Waals surface area contributed by atoms with Crippen LogP contribution in [-0.2, 0) is 11.3 Å². The molecule has 3 heteroatoms. The summed E-state index contributed by atoms with van der Waals surface area (Å²) in [5, 5.41) is 9.30. The second-order valence-electron chi connectivity index (χ2n) is 5.52. The summed E-state index contributed by atoms with van der Waals surface area (Å²) >= 11 is 0. The number of carbonyl (C=O) groups is 1. The number of nitrogens with zero attached hydrogens (tertiary/aromatic N) is 1. The van der Waals surface area contributed by atoms with Crippen LogP contribution in [0.3, 0.4) is 0 Å². The van der Waals surface area contributed by atoms with Gasteiger partial charge in [-0.3, -0.25) is 4.90 Å². The van der Waals surface area contributed by atoms with E-state index in [0.29, 0.717) is 13.1 Å². The number of β-amino-alcohol motifs (C(OH)–C–C–N with tert-alkyl or cyclic N) is 1. The molecular weight excluding hydrogens is 262 g/mol. The Kier molecular flexibility index (Phi) is 7.95. The fraction of sp³-hybridized carbons (Fsp3) is 0.500. The van der Waals surface area contributed by atoms with Crippen molar-refractivity contribution in [2.24, 2.45) is 0 Å². The average Bonchev–Trinajstić information content (AvgIpc) is 2.52. The first-order valence-electron chi connectivity index (χ1n) is 7.70. The molecular formula is C18H27NO2. The summed E-state index contributed by atoms with van der Waals surface area (Å²) in [6.45, 7) is 5.22. The summed E-state index contributed by atoms with van der Waals surface area (Å²) in [4.78, 5) is 13.6. The highest BCUT2D eigenvalue weighted by molar-refractivity contribution is 5.67. The SMILES string of the molecule is CCCC/C=C/C(C)(C=O)N(CCO)Cc1ccccc1. The van der Waals surface area contributed by atoms with Crippen molar-refractivity contribution in [3.8, 4) is 0 Å². The molecule has 3 nitrogen and oxygen atoms in total. The number of aliphatic hydroxyl groups is 1. The van der Waals surface area contributed by atoms with Gasteiger partial charge in [0.15, 0.2) is 0 Å². The second kappa shape index (κ2) is 9.48. The van der Waals surface area contributed by atoms with E-state index < -0.39 is 5.54 Å². The van der Waals surface area contributed by atoms with Crippen molar-refractivity contribution in [1.29, 1.82) is 0 Å². The first-order chi connectivity index (χ1) is 10.2. The summed E-state index contributed by atoms with van der Waals surface area (Å²) in [5.74, 6) is 0. The summed E-state index contributed by atoms with van der Waals surface area (Å²) in [6.07, 6.45) is 8.27. The van der Waals surface area contributed by atoms with E-state index in [4.69, 9.17) is 0 Å². The minimum atomic E-state index is -0.674. The van der Waals surface area contributed by atoms with Gasteiger partial charge in [0, 0.05) is 13.1 Å². The van der Waals surface area contributed by atoms with Crippen LogP contribution in [0.2, 0.25) is 0 Å². The Bertz CT molecular complexity index is 430. The monoisotopic (exact) mass is 289 g/mol. The van der Waals surface area contributed by atoms with Gasteiger partial charge in [-0.2, -0.15) is 0 Å². The van der Waals surface area contributed by atoms with Crippen LogP contribution >= 0.6 is 0 Å². The van der Waals surface area contributed by atoms with Gasteiger partial charge in [0.05, 0.1) is 12.1 Å². The Labute approximate surface area is 128 Å². The molecule has 21 heavy (non-hydrogen) atoms. The molecule has 0 aliphatic rings.